The third-order valence-electron chi connectivity index (χ3n) is 6.41. The Labute approximate surface area is 246 Å². The third-order valence-corrected chi connectivity index (χ3v) is 6.68. The Hall–Kier alpha value is -3.91. The molecular weight excluding hydrogens is 538 g/mol. The molecular formula is C32H38ClN5O3. The van der Waals surface area contributed by atoms with Crippen LogP contribution in [0.1, 0.15) is 68.7 Å². The van der Waals surface area contributed by atoms with Crippen molar-refractivity contribution in [2.24, 2.45) is 0 Å². The number of hydrogen-bond donors (Lipinski definition) is 2. The fourth-order valence-electron chi connectivity index (χ4n) is 4.46. The van der Waals surface area contributed by atoms with Crippen LogP contribution in [0, 0.1) is 0 Å². The van der Waals surface area contributed by atoms with Gasteiger partial charge in [-0.1, -0.05) is 55.8 Å². The van der Waals surface area contributed by atoms with E-state index in [0.29, 0.717) is 42.4 Å². The minimum absolute atomic E-state index is 0.318. The number of anilines is 1. The Kier molecular flexibility index (Phi) is 10.00. The van der Waals surface area contributed by atoms with Gasteiger partial charge in [-0.25, -0.2) is 19.6 Å². The molecule has 0 atom stereocenters. The second kappa shape index (κ2) is 13.6. The molecule has 0 aliphatic carbocycles. The number of nitrogens with one attached hydrogen (secondary N) is 2. The third kappa shape index (κ3) is 8.07. The predicted molar refractivity (Wildman–Crippen MR) is 165 cm³/mol. The van der Waals surface area contributed by atoms with Crippen LogP contribution in [-0.4, -0.2) is 44.6 Å². The number of urea groups is 1. The number of halogens is 1. The van der Waals surface area contributed by atoms with Crippen LogP contribution in [-0.2, 0) is 17.7 Å². The van der Waals surface area contributed by atoms with Crippen LogP contribution in [0.2, 0.25) is 0 Å². The van der Waals surface area contributed by atoms with Gasteiger partial charge in [-0.05, 0) is 68.5 Å². The number of alkyl halides is 1. The molecule has 4 aromatic rings. The van der Waals surface area contributed by atoms with E-state index < -0.39 is 5.60 Å². The Bertz CT molecular complexity index is 1490. The number of hydrogen-bond acceptors (Lipinski definition) is 5. The maximum Gasteiger partial charge on any atom is 0.339 e. The summed E-state index contributed by atoms with van der Waals surface area (Å²) >= 11 is 5.70. The zero-order chi connectivity index (χ0) is 29.4. The zero-order valence-electron chi connectivity index (χ0n) is 24.2. The lowest BCUT2D eigenvalue weighted by molar-refractivity contribution is 0.00704. The monoisotopic (exact) mass is 575 g/mol. The van der Waals surface area contributed by atoms with Crippen molar-refractivity contribution in [3.63, 3.8) is 0 Å². The minimum Gasteiger partial charge on any atom is -0.456 e. The molecule has 2 aromatic heterocycles. The van der Waals surface area contributed by atoms with Crippen molar-refractivity contribution >= 4 is 40.6 Å². The molecule has 0 radical (unpaired) electrons. The number of benzene rings is 2. The number of aromatic nitrogens is 3. The van der Waals surface area contributed by atoms with Crippen molar-refractivity contribution < 1.29 is 14.3 Å². The van der Waals surface area contributed by atoms with Gasteiger partial charge >= 0.3 is 12.0 Å². The lowest BCUT2D eigenvalue weighted by Gasteiger charge is -2.20. The van der Waals surface area contributed by atoms with Gasteiger partial charge in [0.25, 0.3) is 0 Å². The van der Waals surface area contributed by atoms with Crippen molar-refractivity contribution in [1.29, 1.82) is 0 Å². The highest BCUT2D eigenvalue weighted by Crippen LogP contribution is 2.27. The number of esters is 1. The molecule has 41 heavy (non-hydrogen) atoms. The molecule has 0 aliphatic rings. The molecule has 8 nitrogen and oxygen atoms in total. The van der Waals surface area contributed by atoms with Crippen LogP contribution in [0.3, 0.4) is 0 Å². The predicted octanol–water partition coefficient (Wildman–Crippen LogP) is 7.19. The Morgan fingerprint density at radius 1 is 0.976 bits per heavy atom. The Balaban J connectivity index is 1.60. The Morgan fingerprint density at radius 2 is 1.73 bits per heavy atom. The first kappa shape index (κ1) is 30.1. The van der Waals surface area contributed by atoms with E-state index in [4.69, 9.17) is 26.3 Å². The van der Waals surface area contributed by atoms with E-state index in [1.807, 2.05) is 57.2 Å². The number of fused-ring (bicyclic) bond motifs is 1. The molecule has 2 amide bonds. The van der Waals surface area contributed by atoms with Crippen LogP contribution < -0.4 is 10.6 Å². The maximum atomic E-state index is 12.9. The van der Waals surface area contributed by atoms with Gasteiger partial charge in [-0.3, -0.25) is 5.32 Å². The number of aryl methyl sites for hydroxylation is 1. The lowest BCUT2D eigenvalue weighted by Crippen LogP contribution is -2.30. The molecule has 2 aromatic carbocycles. The average molecular weight is 576 g/mol. The van der Waals surface area contributed by atoms with Gasteiger partial charge in [0, 0.05) is 18.8 Å². The summed E-state index contributed by atoms with van der Waals surface area (Å²) in [6.45, 7) is 8.81. The highest BCUT2D eigenvalue weighted by atomic mass is 35.5. The van der Waals surface area contributed by atoms with E-state index in [2.05, 4.69) is 34.3 Å². The molecule has 0 spiro atoms. The van der Waals surface area contributed by atoms with Crippen molar-refractivity contribution in [2.75, 3.05) is 17.7 Å². The summed E-state index contributed by atoms with van der Waals surface area (Å²) < 4.78 is 7.75. The maximum absolute atomic E-state index is 12.9. The number of carbonyl (C=O) groups excluding carboxylic acids is 2. The number of nitrogens with zero attached hydrogens (tertiary/aromatic N) is 3. The molecule has 0 bridgehead atoms. The highest BCUT2D eigenvalue weighted by molar-refractivity contribution is 6.17. The second-order valence-electron chi connectivity index (χ2n) is 10.9. The molecule has 0 aliphatic heterocycles. The van der Waals surface area contributed by atoms with Gasteiger partial charge in [0.05, 0.1) is 12.1 Å². The minimum atomic E-state index is -0.575. The van der Waals surface area contributed by atoms with Crippen LogP contribution in [0.15, 0.2) is 60.7 Å². The second-order valence-corrected chi connectivity index (χ2v) is 11.3. The highest BCUT2D eigenvalue weighted by Gasteiger charge is 2.21. The number of ether oxygens (including phenoxy) is 1. The molecule has 2 heterocycles. The van der Waals surface area contributed by atoms with Crippen molar-refractivity contribution in [1.82, 2.24) is 19.9 Å². The van der Waals surface area contributed by atoms with E-state index in [0.717, 1.165) is 47.3 Å². The summed E-state index contributed by atoms with van der Waals surface area (Å²) in [5, 5.41) is 5.59. The van der Waals surface area contributed by atoms with Crippen LogP contribution in [0.4, 0.5) is 10.6 Å². The van der Waals surface area contributed by atoms with E-state index in [9.17, 15) is 9.59 Å². The first-order valence-electron chi connectivity index (χ1n) is 14.1. The number of carbonyl (C=O) groups is 2. The standard InChI is InChI=1S/C32H38ClN5O3/c1-5-6-12-28-35-26-17-18-27(37-31(40)34-20-9-19-33)36-29(26)38(28)21-22-13-15-23(16-14-22)24-10-7-8-11-25(24)30(39)41-32(2,3)4/h7-8,10-11,13-18H,5-6,9,12,19-21H2,1-4H3,(H2,34,36,37,40). The summed E-state index contributed by atoms with van der Waals surface area (Å²) in [4.78, 5) is 34.7. The first-order valence-corrected chi connectivity index (χ1v) is 14.6. The molecule has 216 valence electrons. The smallest absolute Gasteiger partial charge is 0.339 e. The number of unbranched alkanes of at least 4 members (excludes halogenated alkanes) is 1. The summed E-state index contributed by atoms with van der Waals surface area (Å²) in [6, 6.07) is 19.0. The Morgan fingerprint density at radius 3 is 2.44 bits per heavy atom. The van der Waals surface area contributed by atoms with Gasteiger partial charge in [-0.2, -0.15) is 0 Å². The molecule has 0 saturated carbocycles. The number of pyridine rings is 1. The SMILES string of the molecule is CCCCc1nc2ccc(NC(=O)NCCCCl)nc2n1Cc1ccc(-c2ccccc2C(=O)OC(C)(C)C)cc1. The normalized spacial score (nSPS) is 11.4. The quantitative estimate of drug-likeness (QED) is 0.112. The molecule has 0 unspecified atom stereocenters. The van der Waals surface area contributed by atoms with Crippen molar-refractivity contribution in [3.05, 3.63) is 77.6 Å². The van der Waals surface area contributed by atoms with Crippen LogP contribution >= 0.6 is 11.6 Å². The van der Waals surface area contributed by atoms with Gasteiger partial charge in [0.1, 0.15) is 22.8 Å². The first-order chi connectivity index (χ1) is 19.7. The number of imidazole rings is 1. The van der Waals surface area contributed by atoms with E-state index in [-0.39, 0.29) is 12.0 Å². The molecule has 2 N–H and O–H groups in total. The fourth-order valence-corrected chi connectivity index (χ4v) is 4.59. The molecule has 4 rings (SSSR count). The fraction of sp³-hybridized carbons (Fsp3) is 0.375. The van der Waals surface area contributed by atoms with E-state index in [1.165, 1.54) is 0 Å². The molecule has 0 fully saturated rings. The summed E-state index contributed by atoms with van der Waals surface area (Å²) in [5.41, 5.74) is 4.29. The summed E-state index contributed by atoms with van der Waals surface area (Å²) in [7, 11) is 0. The van der Waals surface area contributed by atoms with Gasteiger partial charge in [0.2, 0.25) is 0 Å². The average Bonchev–Trinajstić information content (AvgIpc) is 3.27. The summed E-state index contributed by atoms with van der Waals surface area (Å²) in [5.74, 6) is 1.56. The topological polar surface area (TPSA) is 98.1 Å². The van der Waals surface area contributed by atoms with Gasteiger partial charge in [-0.15, -0.1) is 11.6 Å². The lowest BCUT2D eigenvalue weighted by atomic mass is 9.98. The largest absolute Gasteiger partial charge is 0.456 e. The zero-order valence-corrected chi connectivity index (χ0v) is 24.9. The number of rotatable bonds is 11. The summed E-state index contributed by atoms with van der Waals surface area (Å²) in [6.07, 6.45) is 3.59. The molecule has 9 heteroatoms. The van der Waals surface area contributed by atoms with Gasteiger partial charge in [0.15, 0.2) is 5.65 Å². The van der Waals surface area contributed by atoms with Gasteiger partial charge < -0.3 is 14.6 Å². The number of amides is 2. The molecule has 0 saturated heterocycles. The van der Waals surface area contributed by atoms with Crippen LogP contribution in [0.25, 0.3) is 22.3 Å². The van der Waals surface area contributed by atoms with Crippen molar-refractivity contribution in [2.45, 2.75) is 65.5 Å². The van der Waals surface area contributed by atoms with E-state index >= 15 is 0 Å². The van der Waals surface area contributed by atoms with E-state index in [1.54, 1.807) is 12.1 Å². The van der Waals surface area contributed by atoms with Crippen LogP contribution in [0.5, 0.6) is 0 Å². The van der Waals surface area contributed by atoms with Crippen molar-refractivity contribution in [3.8, 4) is 11.1 Å².